The molecule has 4 unspecified atom stereocenters. The number of aryl methyl sites for hydroxylation is 1. The second-order valence-electron chi connectivity index (χ2n) is 10.2. The fourth-order valence-electron chi connectivity index (χ4n) is 6.11. The van der Waals surface area contributed by atoms with Crippen LogP contribution in [0, 0.1) is 24.7 Å². The van der Waals surface area contributed by atoms with Gasteiger partial charge in [-0.25, -0.2) is 4.98 Å². The molecule has 1 aromatic carbocycles. The van der Waals surface area contributed by atoms with Gasteiger partial charge >= 0.3 is 6.18 Å². The zero-order valence-electron chi connectivity index (χ0n) is 20.9. The quantitative estimate of drug-likeness (QED) is 0.508. The highest BCUT2D eigenvalue weighted by Gasteiger charge is 2.61. The number of alkyl halides is 3. The summed E-state index contributed by atoms with van der Waals surface area (Å²) >= 11 is 0. The Morgan fingerprint density at radius 2 is 1.90 bits per heavy atom. The Hall–Kier alpha value is -3.83. The number of fused-ring (bicyclic) bond motifs is 6. The molecule has 3 aliphatic rings. The van der Waals surface area contributed by atoms with Crippen LogP contribution < -0.4 is 10.2 Å². The van der Waals surface area contributed by atoms with E-state index >= 15 is 0 Å². The zero-order chi connectivity index (χ0) is 27.5. The molecule has 2 fully saturated rings. The van der Waals surface area contributed by atoms with Crippen molar-refractivity contribution in [3.8, 4) is 11.1 Å². The molecule has 3 aromatic rings. The van der Waals surface area contributed by atoms with Crippen molar-refractivity contribution in [2.24, 2.45) is 17.8 Å². The lowest BCUT2D eigenvalue weighted by Gasteiger charge is -2.52. The molecule has 202 valence electrons. The highest BCUT2D eigenvalue weighted by Crippen LogP contribution is 2.60. The fourth-order valence-corrected chi connectivity index (χ4v) is 6.11. The minimum atomic E-state index is -4.66. The number of aliphatic hydroxyl groups is 1. The Balaban J connectivity index is 1.33. The van der Waals surface area contributed by atoms with Gasteiger partial charge in [0.05, 0.1) is 32.3 Å². The number of halogens is 3. The highest BCUT2D eigenvalue weighted by molar-refractivity contribution is 6.04. The summed E-state index contributed by atoms with van der Waals surface area (Å²) in [4.78, 5) is 35.5. The number of aromatic nitrogens is 2. The van der Waals surface area contributed by atoms with Gasteiger partial charge in [-0.05, 0) is 54.3 Å². The molecule has 1 saturated heterocycles. The molecule has 4 heterocycles. The van der Waals surface area contributed by atoms with Crippen LogP contribution in [-0.2, 0) is 15.7 Å². The third kappa shape index (κ3) is 4.25. The number of nitrogens with one attached hydrogen (secondary N) is 1. The number of nitrogens with zero attached hydrogens (tertiary/aromatic N) is 3. The van der Waals surface area contributed by atoms with Gasteiger partial charge in [-0.15, -0.1) is 0 Å². The number of anilines is 2. The lowest BCUT2D eigenvalue weighted by atomic mass is 9.54. The van der Waals surface area contributed by atoms with Crippen LogP contribution >= 0.6 is 0 Å². The molecule has 11 heteroatoms. The van der Waals surface area contributed by atoms with Gasteiger partial charge in [-0.1, -0.05) is 6.07 Å². The molecule has 2 N–H and O–H groups in total. The molecule has 1 aliphatic carbocycles. The zero-order valence-corrected chi connectivity index (χ0v) is 20.9. The van der Waals surface area contributed by atoms with Crippen LogP contribution in [0.15, 0.2) is 48.8 Å². The monoisotopic (exact) mass is 538 g/mol. The number of ether oxygens (including phenoxy) is 1. The maximum Gasteiger partial charge on any atom is 0.433 e. The van der Waals surface area contributed by atoms with Crippen molar-refractivity contribution >= 4 is 23.3 Å². The molecular formula is C28H25F3N4O4. The van der Waals surface area contributed by atoms with E-state index in [1.165, 1.54) is 6.07 Å². The molecule has 4 atom stereocenters. The summed E-state index contributed by atoms with van der Waals surface area (Å²) < 4.78 is 44.8. The fraction of sp³-hybridized carbons (Fsp3) is 0.357. The van der Waals surface area contributed by atoms with Crippen LogP contribution in [-0.4, -0.2) is 53.3 Å². The van der Waals surface area contributed by atoms with Crippen LogP contribution in [0.2, 0.25) is 0 Å². The van der Waals surface area contributed by atoms with Gasteiger partial charge < -0.3 is 15.2 Å². The van der Waals surface area contributed by atoms with E-state index in [2.05, 4.69) is 15.3 Å². The number of benzene rings is 1. The SMILES string of the molecule is Cc1ccc(NC(=O)c2ccnc(C(F)(F)F)c2)cc1-c1cnc2c(c1)C1C3COCC3C1C(=O)N2CCO. The van der Waals surface area contributed by atoms with E-state index in [0.717, 1.165) is 28.5 Å². The van der Waals surface area contributed by atoms with Crippen LogP contribution in [0.1, 0.15) is 33.1 Å². The Kier molecular flexibility index (Phi) is 6.15. The van der Waals surface area contributed by atoms with Gasteiger partial charge in [0, 0.05) is 46.6 Å². The molecule has 0 radical (unpaired) electrons. The number of amides is 2. The summed E-state index contributed by atoms with van der Waals surface area (Å²) in [5, 5.41) is 12.3. The second-order valence-corrected chi connectivity index (χ2v) is 10.2. The average molecular weight is 539 g/mol. The van der Waals surface area contributed by atoms with E-state index in [1.54, 1.807) is 23.2 Å². The van der Waals surface area contributed by atoms with Crippen LogP contribution in [0.25, 0.3) is 11.1 Å². The first-order chi connectivity index (χ1) is 18.7. The van der Waals surface area contributed by atoms with Gasteiger partial charge in [0.2, 0.25) is 5.91 Å². The summed E-state index contributed by atoms with van der Waals surface area (Å²) in [5.74, 6) is 0.00167. The minimum Gasteiger partial charge on any atom is -0.395 e. The first kappa shape index (κ1) is 25.4. The van der Waals surface area contributed by atoms with Crippen molar-refractivity contribution in [2.75, 3.05) is 36.6 Å². The van der Waals surface area contributed by atoms with Crippen molar-refractivity contribution < 1.29 is 32.6 Å². The number of hydrogen-bond donors (Lipinski definition) is 2. The molecule has 2 aromatic heterocycles. The number of pyridine rings is 2. The normalized spacial score (nSPS) is 23.5. The number of aliphatic hydroxyl groups excluding tert-OH is 1. The third-order valence-electron chi connectivity index (χ3n) is 7.98. The summed E-state index contributed by atoms with van der Waals surface area (Å²) in [5.41, 5.74) is 2.52. The molecular weight excluding hydrogens is 513 g/mol. The Bertz CT molecular complexity index is 1480. The maximum atomic E-state index is 13.2. The minimum absolute atomic E-state index is 0.0138. The number of carbonyl (C=O) groups is 2. The number of β-amino-alcohol motifs (C(OH)–C–C–N with tert-alkyl or cyclic N) is 1. The van der Waals surface area contributed by atoms with E-state index in [0.29, 0.717) is 30.8 Å². The van der Waals surface area contributed by atoms with Crippen molar-refractivity contribution in [3.63, 3.8) is 0 Å². The van der Waals surface area contributed by atoms with E-state index < -0.39 is 17.8 Å². The number of rotatable bonds is 5. The van der Waals surface area contributed by atoms with Crippen molar-refractivity contribution in [2.45, 2.75) is 19.0 Å². The van der Waals surface area contributed by atoms with Crippen LogP contribution in [0.5, 0.6) is 0 Å². The van der Waals surface area contributed by atoms with E-state index in [4.69, 9.17) is 4.74 Å². The van der Waals surface area contributed by atoms with Crippen molar-refractivity contribution in [1.82, 2.24) is 9.97 Å². The summed E-state index contributed by atoms with van der Waals surface area (Å²) in [7, 11) is 0. The Morgan fingerprint density at radius 1 is 1.13 bits per heavy atom. The highest BCUT2D eigenvalue weighted by atomic mass is 19.4. The predicted molar refractivity (Wildman–Crippen MR) is 135 cm³/mol. The van der Waals surface area contributed by atoms with Crippen molar-refractivity contribution in [1.29, 1.82) is 0 Å². The summed E-state index contributed by atoms with van der Waals surface area (Å²) in [6.45, 7) is 3.03. The molecule has 2 aliphatic heterocycles. The molecule has 1 saturated carbocycles. The first-order valence-electron chi connectivity index (χ1n) is 12.6. The lowest BCUT2D eigenvalue weighted by molar-refractivity contribution is -0.141. The van der Waals surface area contributed by atoms with E-state index in [9.17, 15) is 27.9 Å². The molecule has 6 rings (SSSR count). The van der Waals surface area contributed by atoms with Gasteiger partial charge in [0.1, 0.15) is 11.5 Å². The van der Waals surface area contributed by atoms with E-state index in [1.807, 2.05) is 19.1 Å². The average Bonchev–Trinajstić information content (AvgIpc) is 3.30. The predicted octanol–water partition coefficient (Wildman–Crippen LogP) is 4.04. The summed E-state index contributed by atoms with van der Waals surface area (Å²) in [6, 6.07) is 9.19. The maximum absolute atomic E-state index is 13.2. The topological polar surface area (TPSA) is 105 Å². The van der Waals surface area contributed by atoms with Gasteiger partial charge in [-0.2, -0.15) is 13.2 Å². The standard InChI is InChI=1S/C28H25F3N4O4/c1-14-2-3-17(34-26(37)15-4-5-32-22(9-15)28(29,30)31)10-18(14)16-8-19-23-20-12-39-13-21(20)24(23)27(38)35(6-7-36)25(19)33-11-16/h2-5,8-11,20-21,23-24,36H,6-7,12-13H2,1H3,(H,34,37). The molecule has 0 spiro atoms. The van der Waals surface area contributed by atoms with Gasteiger partial charge in [0.25, 0.3) is 5.91 Å². The van der Waals surface area contributed by atoms with Gasteiger partial charge in [-0.3, -0.25) is 19.5 Å². The Morgan fingerprint density at radius 3 is 2.64 bits per heavy atom. The molecule has 8 nitrogen and oxygen atoms in total. The third-order valence-corrected chi connectivity index (χ3v) is 7.98. The smallest absolute Gasteiger partial charge is 0.395 e. The Labute approximate surface area is 221 Å². The van der Waals surface area contributed by atoms with Gasteiger partial charge in [0.15, 0.2) is 0 Å². The largest absolute Gasteiger partial charge is 0.433 e. The first-order valence-corrected chi connectivity index (χ1v) is 12.6. The molecule has 39 heavy (non-hydrogen) atoms. The van der Waals surface area contributed by atoms with Crippen LogP contribution in [0.3, 0.4) is 0 Å². The lowest BCUT2D eigenvalue weighted by Crippen LogP contribution is -2.57. The summed E-state index contributed by atoms with van der Waals surface area (Å²) in [6.07, 6.45) is -2.05. The number of carbonyl (C=O) groups excluding carboxylic acids is 2. The molecule has 2 amide bonds. The number of hydrogen-bond acceptors (Lipinski definition) is 6. The van der Waals surface area contributed by atoms with E-state index in [-0.39, 0.29) is 48.3 Å². The van der Waals surface area contributed by atoms with Crippen molar-refractivity contribution in [3.05, 3.63) is 71.2 Å². The molecule has 0 bridgehead atoms. The van der Waals surface area contributed by atoms with Crippen LogP contribution in [0.4, 0.5) is 24.7 Å². The second kappa shape index (κ2) is 9.42.